The molecule has 3 N–H and O–H groups in total. The number of benzene rings is 3. The topological polar surface area (TPSA) is 147 Å². The predicted molar refractivity (Wildman–Crippen MR) is 179 cm³/mol. The van der Waals surface area contributed by atoms with Crippen LogP contribution in [0.5, 0.6) is 5.75 Å². The van der Waals surface area contributed by atoms with Gasteiger partial charge in [0, 0.05) is 31.5 Å². The smallest absolute Gasteiger partial charge is 0.410 e. The second kappa shape index (κ2) is 13.4. The van der Waals surface area contributed by atoms with Crippen molar-refractivity contribution in [2.45, 2.75) is 76.3 Å². The molecule has 47 heavy (non-hydrogen) atoms. The van der Waals surface area contributed by atoms with Crippen molar-refractivity contribution in [1.29, 1.82) is 0 Å². The number of hydrogen-bond donors (Lipinski definition) is 3. The third kappa shape index (κ3) is 6.84. The number of fused-ring (bicyclic) bond motifs is 4. The van der Waals surface area contributed by atoms with Crippen LogP contribution in [0.2, 0.25) is 0 Å². The number of carboxylic acid groups (broad SMARTS) is 1. The van der Waals surface area contributed by atoms with Crippen LogP contribution in [-0.4, -0.2) is 68.7 Å². The summed E-state index contributed by atoms with van der Waals surface area (Å²) in [6.07, 6.45) is 1.58. The average molecular weight is 663 g/mol. The molecule has 1 heterocycles. The number of hydrazine groups is 1. The molecule has 0 spiro atoms. The van der Waals surface area contributed by atoms with Crippen molar-refractivity contribution in [3.05, 3.63) is 81.9 Å². The molecule has 1 aliphatic heterocycles. The Morgan fingerprint density at radius 1 is 1.06 bits per heavy atom. The second-order valence-corrected chi connectivity index (χ2v) is 14.4. The Morgan fingerprint density at radius 2 is 1.68 bits per heavy atom. The number of nitrogens with one attached hydrogen (secondary N) is 2. The molecule has 0 unspecified atom stereocenters. The summed E-state index contributed by atoms with van der Waals surface area (Å²) in [6.45, 7) is 9.66. The number of carboxylic acids is 1. The van der Waals surface area contributed by atoms with Gasteiger partial charge >= 0.3 is 12.1 Å². The van der Waals surface area contributed by atoms with Gasteiger partial charge < -0.3 is 14.6 Å². The molecule has 1 aliphatic carbocycles. The molecule has 0 fully saturated rings. The molecule has 1 amide bonds. The number of aliphatic imine (C=N–C) groups is 1. The van der Waals surface area contributed by atoms with E-state index >= 15 is 0 Å². The molecular formula is C35H42N4O7S. The Hall–Kier alpha value is -4.42. The van der Waals surface area contributed by atoms with Gasteiger partial charge in [0.2, 0.25) is 0 Å². The highest BCUT2D eigenvalue weighted by Gasteiger charge is 2.37. The van der Waals surface area contributed by atoms with E-state index in [1.54, 1.807) is 13.8 Å². The Kier molecular flexibility index (Phi) is 9.65. The van der Waals surface area contributed by atoms with Crippen LogP contribution < -0.4 is 15.0 Å². The first-order valence-electron chi connectivity index (χ1n) is 15.6. The van der Waals surface area contributed by atoms with Gasteiger partial charge in [-0.3, -0.25) is 15.3 Å². The molecule has 0 bridgehead atoms. The molecule has 250 valence electrons. The van der Waals surface area contributed by atoms with Crippen LogP contribution >= 0.6 is 0 Å². The molecule has 11 nitrogen and oxygen atoms in total. The van der Waals surface area contributed by atoms with Gasteiger partial charge in [0.1, 0.15) is 24.0 Å². The minimum Gasteiger partial charge on any atom is -0.487 e. The van der Waals surface area contributed by atoms with E-state index in [0.29, 0.717) is 24.0 Å². The van der Waals surface area contributed by atoms with E-state index in [9.17, 15) is 23.1 Å². The van der Waals surface area contributed by atoms with Crippen LogP contribution in [0.3, 0.4) is 0 Å². The summed E-state index contributed by atoms with van der Waals surface area (Å²) in [7, 11) is -2.52. The zero-order chi connectivity index (χ0) is 34.1. The van der Waals surface area contributed by atoms with Gasteiger partial charge in [-0.1, -0.05) is 48.5 Å². The summed E-state index contributed by atoms with van der Waals surface area (Å²) in [5, 5.41) is 9.84. The molecule has 1 atom stereocenters. The maximum absolute atomic E-state index is 13.2. The number of likely N-dealkylation sites (N-methyl/N-ethyl adjacent to an activating group) is 1. The molecule has 12 heteroatoms. The fourth-order valence-corrected chi connectivity index (χ4v) is 7.99. The second-order valence-electron chi connectivity index (χ2n) is 12.7. The number of carbonyl (C=O) groups excluding carboxylic acids is 1. The summed E-state index contributed by atoms with van der Waals surface area (Å²) in [6, 6.07) is 14.9. The highest BCUT2D eigenvalue weighted by molar-refractivity contribution is 7.89. The van der Waals surface area contributed by atoms with E-state index in [-0.39, 0.29) is 30.4 Å². The zero-order valence-corrected chi connectivity index (χ0v) is 28.4. The van der Waals surface area contributed by atoms with Gasteiger partial charge in [0.05, 0.1) is 11.2 Å². The molecule has 0 radical (unpaired) electrons. The van der Waals surface area contributed by atoms with Gasteiger partial charge in [-0.25, -0.2) is 18.0 Å². The van der Waals surface area contributed by atoms with E-state index in [0.717, 1.165) is 44.0 Å². The van der Waals surface area contributed by atoms with Crippen LogP contribution in [0.1, 0.15) is 66.0 Å². The summed E-state index contributed by atoms with van der Waals surface area (Å²) in [5.74, 6) is -0.537. The SMILES string of the molecule is Cc1c(C)c(S(=O)(=O)NNC=NCCC[C@@H](C(=O)O)N(C)C(=O)OCC2c3ccccc3-c3ccccc32)c(C)c2c1OC(C)(C)C2. The van der Waals surface area contributed by atoms with Crippen LogP contribution in [0.4, 0.5) is 4.79 Å². The predicted octanol–water partition coefficient (Wildman–Crippen LogP) is 5.25. The first-order chi connectivity index (χ1) is 22.2. The molecule has 0 saturated heterocycles. The molecule has 3 aromatic rings. The van der Waals surface area contributed by atoms with Gasteiger partial charge in [-0.15, -0.1) is 4.83 Å². The molecule has 0 saturated carbocycles. The van der Waals surface area contributed by atoms with E-state index in [4.69, 9.17) is 9.47 Å². The molecule has 3 aromatic carbocycles. The lowest BCUT2D eigenvalue weighted by Gasteiger charge is -2.25. The quantitative estimate of drug-likeness (QED) is 0.103. The first-order valence-corrected chi connectivity index (χ1v) is 17.1. The molecule has 2 aliphatic rings. The lowest BCUT2D eigenvalue weighted by molar-refractivity contribution is -0.142. The number of rotatable bonds is 12. The highest BCUT2D eigenvalue weighted by atomic mass is 32.2. The van der Waals surface area contributed by atoms with E-state index in [2.05, 4.69) is 15.2 Å². The highest BCUT2D eigenvalue weighted by Crippen LogP contribution is 2.45. The minimum atomic E-state index is -3.93. The fourth-order valence-electron chi connectivity index (χ4n) is 6.59. The number of carbonyl (C=O) groups is 2. The zero-order valence-electron chi connectivity index (χ0n) is 27.6. The van der Waals surface area contributed by atoms with E-state index < -0.39 is 33.7 Å². The largest absolute Gasteiger partial charge is 0.487 e. The van der Waals surface area contributed by atoms with Gasteiger partial charge in [0.15, 0.2) is 0 Å². The summed E-state index contributed by atoms with van der Waals surface area (Å²) < 4.78 is 38.2. The van der Waals surface area contributed by atoms with Crippen molar-refractivity contribution in [3.63, 3.8) is 0 Å². The normalized spacial score (nSPS) is 15.4. The van der Waals surface area contributed by atoms with Crippen molar-refractivity contribution in [2.75, 3.05) is 20.2 Å². The Morgan fingerprint density at radius 3 is 2.30 bits per heavy atom. The van der Waals surface area contributed by atoms with Crippen LogP contribution in [-0.2, 0) is 26.0 Å². The summed E-state index contributed by atoms with van der Waals surface area (Å²) in [4.78, 5) is 32.8. The van der Waals surface area contributed by atoms with Gasteiger partial charge in [0.25, 0.3) is 10.0 Å². The maximum atomic E-state index is 13.2. The van der Waals surface area contributed by atoms with E-state index in [1.165, 1.54) is 13.4 Å². The molecule has 0 aromatic heterocycles. The Bertz CT molecular complexity index is 1790. The lowest BCUT2D eigenvalue weighted by Crippen LogP contribution is -2.43. The summed E-state index contributed by atoms with van der Waals surface area (Å²) >= 11 is 0. The van der Waals surface area contributed by atoms with Crippen molar-refractivity contribution >= 4 is 28.4 Å². The lowest BCUT2D eigenvalue weighted by atomic mass is 9.94. The molecular weight excluding hydrogens is 620 g/mol. The molecule has 5 rings (SSSR count). The fraction of sp³-hybridized carbons (Fsp3) is 0.400. The minimum absolute atomic E-state index is 0.0885. The standard InChI is InChI=1S/C35H42N4O7S/c1-21-22(2)32(23(3)28-18-35(4,5)46-31(21)28)47(43,44)38-37-20-36-17-11-16-30(33(40)41)39(6)34(42)45-19-29-26-14-9-7-12-24(26)25-13-8-10-15-27(25)29/h7-10,12-15,20,29-30,38H,11,16-19H2,1-6H3,(H,36,37)(H,40,41)/t30-/m0/s1. The third-order valence-corrected chi connectivity index (χ3v) is 10.6. The monoisotopic (exact) mass is 662 g/mol. The van der Waals surface area contributed by atoms with Crippen molar-refractivity contribution in [3.8, 4) is 16.9 Å². The number of aliphatic carboxylic acids is 1. The van der Waals surface area contributed by atoms with Crippen molar-refractivity contribution < 1.29 is 32.6 Å². The Balaban J connectivity index is 1.12. The summed E-state index contributed by atoms with van der Waals surface area (Å²) in [5.41, 5.74) is 9.42. The maximum Gasteiger partial charge on any atom is 0.410 e. The first kappa shape index (κ1) is 33.9. The van der Waals surface area contributed by atoms with Crippen molar-refractivity contribution in [2.24, 2.45) is 4.99 Å². The average Bonchev–Trinajstić information content (AvgIpc) is 3.53. The van der Waals surface area contributed by atoms with Crippen LogP contribution in [0, 0.1) is 20.8 Å². The number of sulfonamides is 1. The van der Waals surface area contributed by atoms with Gasteiger partial charge in [-0.05, 0) is 86.4 Å². The number of hydrogen-bond acceptors (Lipinski definition) is 7. The van der Waals surface area contributed by atoms with Crippen LogP contribution in [0.25, 0.3) is 11.1 Å². The number of ether oxygens (including phenoxy) is 2. The van der Waals surface area contributed by atoms with E-state index in [1.807, 2.05) is 69.3 Å². The van der Waals surface area contributed by atoms with Crippen LogP contribution in [0.15, 0.2) is 58.4 Å². The van der Waals surface area contributed by atoms with Gasteiger partial charge in [-0.2, -0.15) is 0 Å². The Labute approximate surface area is 276 Å². The third-order valence-electron chi connectivity index (χ3n) is 9.05. The number of amides is 1. The van der Waals surface area contributed by atoms with Crippen molar-refractivity contribution in [1.82, 2.24) is 15.2 Å². The number of nitrogens with zero attached hydrogens (tertiary/aromatic N) is 2.